The van der Waals surface area contributed by atoms with E-state index in [2.05, 4.69) is 15.2 Å². The average molecular weight is 276 g/mol. The van der Waals surface area contributed by atoms with Crippen LogP contribution in [0.15, 0.2) is 35.0 Å². The molecule has 0 fully saturated rings. The number of anilines is 1. The predicted octanol–water partition coefficient (Wildman–Crippen LogP) is 2.37. The lowest BCUT2D eigenvalue weighted by molar-refractivity contribution is 0.432. The Balaban J connectivity index is 2.01. The Hall–Kier alpha value is -2.34. The van der Waals surface area contributed by atoms with Crippen LogP contribution in [-0.2, 0) is 7.05 Å². The van der Waals surface area contributed by atoms with E-state index in [0.29, 0.717) is 33.7 Å². The Morgan fingerprint density at radius 2 is 2.16 bits per heavy atom. The molecule has 0 saturated heterocycles. The van der Waals surface area contributed by atoms with Gasteiger partial charge in [-0.15, -0.1) is 0 Å². The second-order valence-corrected chi connectivity index (χ2v) is 4.47. The molecule has 0 radical (unpaired) electrons. The number of nitrogen functional groups attached to an aromatic ring is 1. The summed E-state index contributed by atoms with van der Waals surface area (Å²) in [6.07, 6.45) is 1.81. The molecule has 6 nitrogen and oxygen atoms in total. The number of aryl methyl sites for hydroxylation is 1. The lowest BCUT2D eigenvalue weighted by Gasteiger charge is -1.99. The maximum Gasteiger partial charge on any atom is 0.260 e. The minimum Gasteiger partial charge on any atom is -0.398 e. The van der Waals surface area contributed by atoms with E-state index in [4.69, 9.17) is 21.9 Å². The standard InChI is InChI=1S/C12H10ClN5O/c1-18-5-4-10(16-18)11-15-12(19-17-11)8-3-2-7(13)6-9(8)14/h2-6H,14H2,1H3. The van der Waals surface area contributed by atoms with Crippen molar-refractivity contribution >= 4 is 17.3 Å². The highest BCUT2D eigenvalue weighted by molar-refractivity contribution is 6.31. The summed E-state index contributed by atoms with van der Waals surface area (Å²) in [5.74, 6) is 0.764. The molecule has 0 unspecified atom stereocenters. The van der Waals surface area contributed by atoms with Gasteiger partial charge in [-0.2, -0.15) is 10.1 Å². The molecule has 0 atom stereocenters. The molecule has 2 heterocycles. The third-order valence-corrected chi connectivity index (χ3v) is 2.85. The van der Waals surface area contributed by atoms with Crippen molar-refractivity contribution in [2.24, 2.45) is 7.05 Å². The second-order valence-electron chi connectivity index (χ2n) is 4.03. The van der Waals surface area contributed by atoms with Crippen molar-refractivity contribution < 1.29 is 4.52 Å². The summed E-state index contributed by atoms with van der Waals surface area (Å²) in [6, 6.07) is 6.91. The first kappa shape index (κ1) is 11.7. The van der Waals surface area contributed by atoms with Crippen molar-refractivity contribution in [2.75, 3.05) is 5.73 Å². The van der Waals surface area contributed by atoms with Gasteiger partial charge in [0.1, 0.15) is 5.69 Å². The summed E-state index contributed by atoms with van der Waals surface area (Å²) < 4.78 is 6.87. The van der Waals surface area contributed by atoms with E-state index < -0.39 is 0 Å². The number of nitrogens with two attached hydrogens (primary N) is 1. The van der Waals surface area contributed by atoms with Crippen molar-refractivity contribution in [3.63, 3.8) is 0 Å². The highest BCUT2D eigenvalue weighted by Gasteiger charge is 2.14. The van der Waals surface area contributed by atoms with E-state index in [0.717, 1.165) is 0 Å². The zero-order chi connectivity index (χ0) is 13.4. The Morgan fingerprint density at radius 3 is 2.84 bits per heavy atom. The van der Waals surface area contributed by atoms with Gasteiger partial charge in [0.05, 0.1) is 5.56 Å². The molecule has 96 valence electrons. The molecule has 0 aliphatic carbocycles. The maximum atomic E-state index is 5.87. The highest BCUT2D eigenvalue weighted by Crippen LogP contribution is 2.28. The summed E-state index contributed by atoms with van der Waals surface area (Å²) in [5, 5.41) is 8.65. The van der Waals surface area contributed by atoms with E-state index in [-0.39, 0.29) is 0 Å². The fourth-order valence-corrected chi connectivity index (χ4v) is 1.88. The SMILES string of the molecule is Cn1ccc(-c2noc(-c3ccc(Cl)cc3N)n2)n1. The molecule has 0 aliphatic heterocycles. The topological polar surface area (TPSA) is 82.8 Å². The predicted molar refractivity (Wildman–Crippen MR) is 71.4 cm³/mol. The summed E-state index contributed by atoms with van der Waals surface area (Å²) in [5.41, 5.74) is 7.66. The monoisotopic (exact) mass is 275 g/mol. The molecule has 0 bridgehead atoms. The summed E-state index contributed by atoms with van der Waals surface area (Å²) in [6.45, 7) is 0. The number of nitrogens with zero attached hydrogens (tertiary/aromatic N) is 4. The fraction of sp³-hybridized carbons (Fsp3) is 0.0833. The zero-order valence-corrected chi connectivity index (χ0v) is 10.8. The van der Waals surface area contributed by atoms with Crippen LogP contribution in [0, 0.1) is 0 Å². The summed E-state index contributed by atoms with van der Waals surface area (Å²) in [4.78, 5) is 4.28. The molecule has 0 amide bonds. The number of benzene rings is 1. The van der Waals surface area contributed by atoms with E-state index in [1.165, 1.54) is 0 Å². The average Bonchev–Trinajstić information content (AvgIpc) is 2.97. The molecule has 0 aliphatic rings. The normalized spacial score (nSPS) is 10.8. The number of hydrogen-bond donors (Lipinski definition) is 1. The van der Waals surface area contributed by atoms with Crippen molar-refractivity contribution in [1.82, 2.24) is 19.9 Å². The largest absolute Gasteiger partial charge is 0.398 e. The molecule has 3 rings (SSSR count). The molecule has 1 aromatic carbocycles. The minimum absolute atomic E-state index is 0.342. The van der Waals surface area contributed by atoms with Gasteiger partial charge in [-0.3, -0.25) is 4.68 Å². The highest BCUT2D eigenvalue weighted by atomic mass is 35.5. The van der Waals surface area contributed by atoms with Crippen LogP contribution in [-0.4, -0.2) is 19.9 Å². The van der Waals surface area contributed by atoms with Gasteiger partial charge in [0.25, 0.3) is 5.89 Å². The Kier molecular flexibility index (Phi) is 2.72. The van der Waals surface area contributed by atoms with E-state index in [9.17, 15) is 0 Å². The first-order valence-electron chi connectivity index (χ1n) is 5.52. The van der Waals surface area contributed by atoms with Crippen LogP contribution in [0.3, 0.4) is 0 Å². The van der Waals surface area contributed by atoms with Gasteiger partial charge in [0, 0.05) is 24.0 Å². The fourth-order valence-electron chi connectivity index (χ4n) is 1.70. The number of hydrogen-bond acceptors (Lipinski definition) is 5. The smallest absolute Gasteiger partial charge is 0.260 e. The molecule has 19 heavy (non-hydrogen) atoms. The maximum absolute atomic E-state index is 5.87. The first-order valence-corrected chi connectivity index (χ1v) is 5.90. The number of aromatic nitrogens is 4. The van der Waals surface area contributed by atoms with E-state index in [1.807, 2.05) is 13.2 Å². The van der Waals surface area contributed by atoms with Crippen molar-refractivity contribution in [2.45, 2.75) is 0 Å². The van der Waals surface area contributed by atoms with Gasteiger partial charge in [0.2, 0.25) is 5.82 Å². The van der Waals surface area contributed by atoms with E-state index in [1.54, 1.807) is 28.9 Å². The molecule has 0 spiro atoms. The molecular weight excluding hydrogens is 266 g/mol. The second kappa shape index (κ2) is 4.40. The zero-order valence-electron chi connectivity index (χ0n) is 10.0. The van der Waals surface area contributed by atoms with Crippen molar-refractivity contribution in [1.29, 1.82) is 0 Å². The third kappa shape index (κ3) is 2.17. The minimum atomic E-state index is 0.342. The molecule has 7 heteroatoms. The third-order valence-electron chi connectivity index (χ3n) is 2.61. The van der Waals surface area contributed by atoms with Gasteiger partial charge in [-0.25, -0.2) is 0 Å². The van der Waals surface area contributed by atoms with Gasteiger partial charge in [0.15, 0.2) is 0 Å². The Bertz CT molecular complexity index is 733. The van der Waals surface area contributed by atoms with Crippen LogP contribution in [0.5, 0.6) is 0 Å². The van der Waals surface area contributed by atoms with Crippen LogP contribution in [0.2, 0.25) is 5.02 Å². The molecule has 2 aromatic heterocycles. The molecule has 2 N–H and O–H groups in total. The molecular formula is C12H10ClN5O. The van der Waals surface area contributed by atoms with Crippen LogP contribution >= 0.6 is 11.6 Å². The van der Waals surface area contributed by atoms with Crippen molar-refractivity contribution in [3.8, 4) is 23.0 Å². The Morgan fingerprint density at radius 1 is 1.32 bits per heavy atom. The van der Waals surface area contributed by atoms with E-state index >= 15 is 0 Å². The first-order chi connectivity index (χ1) is 9.13. The number of rotatable bonds is 2. The molecule has 3 aromatic rings. The van der Waals surface area contributed by atoms with Crippen LogP contribution in [0.1, 0.15) is 0 Å². The van der Waals surface area contributed by atoms with Gasteiger partial charge in [-0.1, -0.05) is 16.8 Å². The van der Waals surface area contributed by atoms with Crippen LogP contribution < -0.4 is 5.73 Å². The molecule has 0 saturated carbocycles. The quantitative estimate of drug-likeness (QED) is 0.726. The summed E-state index contributed by atoms with van der Waals surface area (Å²) in [7, 11) is 1.82. The lowest BCUT2D eigenvalue weighted by atomic mass is 10.2. The van der Waals surface area contributed by atoms with Gasteiger partial charge >= 0.3 is 0 Å². The Labute approximate surface area is 113 Å². The summed E-state index contributed by atoms with van der Waals surface area (Å²) >= 11 is 5.85. The van der Waals surface area contributed by atoms with Gasteiger partial charge in [-0.05, 0) is 24.3 Å². The van der Waals surface area contributed by atoms with Crippen LogP contribution in [0.4, 0.5) is 5.69 Å². The number of halogens is 1. The van der Waals surface area contributed by atoms with Crippen LogP contribution in [0.25, 0.3) is 23.0 Å². The van der Waals surface area contributed by atoms with Gasteiger partial charge < -0.3 is 10.3 Å². The van der Waals surface area contributed by atoms with Crippen molar-refractivity contribution in [3.05, 3.63) is 35.5 Å². The lowest BCUT2D eigenvalue weighted by Crippen LogP contribution is -1.90.